The number of para-hydroxylation sites is 1. The van der Waals surface area contributed by atoms with E-state index in [1.54, 1.807) is 12.1 Å². The smallest absolute Gasteiger partial charge is 0.123 e. The van der Waals surface area contributed by atoms with Gasteiger partial charge >= 0.3 is 0 Å². The Hall–Kier alpha value is -4.50. The van der Waals surface area contributed by atoms with Gasteiger partial charge in [-0.25, -0.2) is 8.78 Å². The van der Waals surface area contributed by atoms with E-state index < -0.39 is 0 Å². The van der Waals surface area contributed by atoms with Crippen LogP contribution in [0.25, 0.3) is 38.2 Å². The van der Waals surface area contributed by atoms with Crippen molar-refractivity contribution in [2.75, 3.05) is 5.32 Å². The molecule has 0 spiro atoms. The molecule has 188 valence electrons. The summed E-state index contributed by atoms with van der Waals surface area (Å²) < 4.78 is 27.7. The minimum atomic E-state index is -0.233. The van der Waals surface area contributed by atoms with E-state index in [9.17, 15) is 8.78 Å². The second-order valence-corrected chi connectivity index (χ2v) is 10.8. The number of hydrogen-bond acceptors (Lipinski definition) is 1. The first kappa shape index (κ1) is 22.5. The quantitative estimate of drug-likeness (QED) is 0.253. The normalized spacial score (nSPS) is 17.9. The van der Waals surface area contributed by atoms with Gasteiger partial charge in [-0.05, 0) is 103 Å². The maximum Gasteiger partial charge on any atom is 0.123 e. The summed E-state index contributed by atoms with van der Waals surface area (Å²) in [6, 6.07) is 35.9. The Labute approximate surface area is 225 Å². The van der Waals surface area contributed by atoms with Gasteiger partial charge in [0.1, 0.15) is 11.6 Å². The van der Waals surface area contributed by atoms with Gasteiger partial charge in [0, 0.05) is 17.6 Å². The van der Waals surface area contributed by atoms with Crippen LogP contribution in [-0.4, -0.2) is 6.04 Å². The van der Waals surface area contributed by atoms with Crippen molar-refractivity contribution in [3.8, 4) is 11.1 Å². The predicted octanol–water partition coefficient (Wildman–Crippen LogP) is 8.38. The third kappa shape index (κ3) is 3.50. The van der Waals surface area contributed by atoms with Crippen LogP contribution in [-0.2, 0) is 6.42 Å². The highest BCUT2D eigenvalue weighted by atomic mass is 19.1. The minimum absolute atomic E-state index is 0.221. The predicted molar refractivity (Wildman–Crippen MR) is 156 cm³/mol. The van der Waals surface area contributed by atoms with Gasteiger partial charge in [-0.1, -0.05) is 78.9 Å². The van der Waals surface area contributed by atoms with Gasteiger partial charge in [-0.15, -0.1) is 0 Å². The Morgan fingerprint density at radius 1 is 0.615 bits per heavy atom. The molecule has 1 aliphatic carbocycles. The van der Waals surface area contributed by atoms with Crippen LogP contribution in [0.1, 0.15) is 29.0 Å². The summed E-state index contributed by atoms with van der Waals surface area (Å²) in [4.78, 5) is 0. The van der Waals surface area contributed by atoms with Crippen molar-refractivity contribution >= 4 is 32.8 Å². The average molecular weight is 510 g/mol. The lowest BCUT2D eigenvalue weighted by molar-refractivity contribution is 0.588. The van der Waals surface area contributed by atoms with Gasteiger partial charge in [-0.2, -0.15) is 0 Å². The van der Waals surface area contributed by atoms with Crippen LogP contribution in [0.15, 0.2) is 109 Å². The number of hydrogen-bond donors (Lipinski definition) is 1. The molecular formula is C36H25F2N. The summed E-state index contributed by atoms with van der Waals surface area (Å²) in [7, 11) is 0. The molecule has 1 N–H and O–H groups in total. The Morgan fingerprint density at radius 2 is 1.33 bits per heavy atom. The second kappa shape index (κ2) is 8.51. The first-order valence-electron chi connectivity index (χ1n) is 13.5. The van der Waals surface area contributed by atoms with E-state index >= 15 is 0 Å². The van der Waals surface area contributed by atoms with Gasteiger partial charge in [0.05, 0.1) is 0 Å². The molecular weight excluding hydrogens is 484 g/mol. The number of rotatable bonds is 3. The number of anilines is 1. The van der Waals surface area contributed by atoms with Gasteiger partial charge in [0.25, 0.3) is 0 Å². The molecule has 2 atom stereocenters. The number of halogens is 2. The van der Waals surface area contributed by atoms with E-state index in [4.69, 9.17) is 0 Å². The van der Waals surface area contributed by atoms with Crippen molar-refractivity contribution < 1.29 is 8.78 Å². The van der Waals surface area contributed by atoms with Crippen LogP contribution < -0.4 is 10.5 Å². The highest BCUT2D eigenvalue weighted by molar-refractivity contribution is 6.17. The standard InChI is InChI=1S/C36H25F2N/c37-25-11-5-21(6-12-25)27-15-9-23-10-16-29-31(22-7-13-26(38)14-8-22)20-32(30-18-17-28(27)35(23)36(29)30)34-19-24-3-1-2-4-33(24)39-34/h1-18,32,34,39H,19-20H2. The summed E-state index contributed by atoms with van der Waals surface area (Å²) in [6.07, 6.45) is 1.85. The maximum atomic E-state index is 13.9. The zero-order chi connectivity index (χ0) is 26.1. The molecule has 0 saturated heterocycles. The van der Waals surface area contributed by atoms with Crippen molar-refractivity contribution in [1.29, 1.82) is 0 Å². The summed E-state index contributed by atoms with van der Waals surface area (Å²) in [5.74, 6) is -0.196. The maximum absolute atomic E-state index is 13.9. The summed E-state index contributed by atoms with van der Waals surface area (Å²) in [5.41, 5.74) is 8.35. The van der Waals surface area contributed by atoms with Crippen LogP contribution in [0, 0.1) is 11.6 Å². The number of benzene rings is 6. The van der Waals surface area contributed by atoms with E-state index in [-0.39, 0.29) is 23.6 Å². The molecule has 0 amide bonds. The van der Waals surface area contributed by atoms with Crippen molar-refractivity contribution in [3.63, 3.8) is 0 Å². The van der Waals surface area contributed by atoms with Crippen molar-refractivity contribution in [2.24, 2.45) is 0 Å². The highest BCUT2D eigenvalue weighted by Crippen LogP contribution is 2.45. The summed E-state index contributed by atoms with van der Waals surface area (Å²) in [6.45, 7) is 0. The zero-order valence-electron chi connectivity index (χ0n) is 21.2. The Balaban J connectivity index is 1.41. The molecule has 0 radical (unpaired) electrons. The molecule has 1 heterocycles. The molecule has 6 aromatic carbocycles. The molecule has 39 heavy (non-hydrogen) atoms. The molecule has 1 nitrogen and oxygen atoms in total. The van der Waals surface area contributed by atoms with Gasteiger partial charge in [-0.3, -0.25) is 0 Å². The molecule has 6 aromatic rings. The molecule has 1 aliphatic heterocycles. The van der Waals surface area contributed by atoms with Crippen LogP contribution in [0.3, 0.4) is 0 Å². The Bertz CT molecular complexity index is 1930. The van der Waals surface area contributed by atoms with Gasteiger partial charge in [0.2, 0.25) is 0 Å². The monoisotopic (exact) mass is 509 g/mol. The van der Waals surface area contributed by atoms with Crippen LogP contribution >= 0.6 is 0 Å². The van der Waals surface area contributed by atoms with E-state index in [1.807, 2.05) is 24.3 Å². The second-order valence-electron chi connectivity index (χ2n) is 10.8. The van der Waals surface area contributed by atoms with Crippen molar-refractivity contribution in [1.82, 2.24) is 0 Å². The molecule has 0 aromatic heterocycles. The highest BCUT2D eigenvalue weighted by Gasteiger charge is 2.34. The van der Waals surface area contributed by atoms with E-state index in [1.165, 1.54) is 61.3 Å². The lowest BCUT2D eigenvalue weighted by atomic mass is 9.74. The summed E-state index contributed by atoms with van der Waals surface area (Å²) >= 11 is 0. The molecule has 0 fully saturated rings. The van der Waals surface area contributed by atoms with Crippen molar-refractivity contribution in [2.45, 2.75) is 24.8 Å². The first-order chi connectivity index (χ1) is 19.1. The largest absolute Gasteiger partial charge is 0.381 e. The fraction of sp³-hybridized carbons (Fsp3) is 0.111. The van der Waals surface area contributed by atoms with Gasteiger partial charge < -0.3 is 5.32 Å². The summed E-state index contributed by atoms with van der Waals surface area (Å²) in [5, 5.41) is 9.93. The SMILES string of the molecule is Fc1ccc(C2=c3ccc4ccc(-c5ccc(F)cc5)c5ccc(c3c45)C(C3Cc4ccccc4N3)C2)cc1. The topological polar surface area (TPSA) is 12.0 Å². The number of nitrogens with one attached hydrogen (secondary N) is 1. The fourth-order valence-electron chi connectivity index (χ4n) is 6.91. The van der Waals surface area contributed by atoms with Crippen LogP contribution in [0.4, 0.5) is 14.5 Å². The molecule has 0 bridgehead atoms. The average Bonchev–Trinajstić information content (AvgIpc) is 3.41. The Morgan fingerprint density at radius 3 is 2.10 bits per heavy atom. The van der Waals surface area contributed by atoms with Crippen molar-refractivity contribution in [3.05, 3.63) is 143 Å². The minimum Gasteiger partial charge on any atom is -0.381 e. The lowest BCUT2D eigenvalue weighted by Gasteiger charge is -2.32. The molecule has 0 saturated carbocycles. The fourth-order valence-corrected chi connectivity index (χ4v) is 6.91. The van der Waals surface area contributed by atoms with E-state index in [0.29, 0.717) is 0 Å². The first-order valence-corrected chi connectivity index (χ1v) is 13.5. The third-order valence-electron chi connectivity index (χ3n) is 8.73. The molecule has 2 aliphatic rings. The molecule has 8 rings (SSSR count). The molecule has 3 heteroatoms. The zero-order valence-corrected chi connectivity index (χ0v) is 21.2. The third-order valence-corrected chi connectivity index (χ3v) is 8.73. The van der Waals surface area contributed by atoms with E-state index in [2.05, 4.69) is 66.0 Å². The number of fused-ring (bicyclic) bond motifs is 1. The van der Waals surface area contributed by atoms with Gasteiger partial charge in [0.15, 0.2) is 0 Å². The van der Waals surface area contributed by atoms with E-state index in [0.717, 1.165) is 29.5 Å². The van der Waals surface area contributed by atoms with Crippen LogP contribution in [0.2, 0.25) is 0 Å². The van der Waals surface area contributed by atoms with Crippen LogP contribution in [0.5, 0.6) is 0 Å². The molecule has 2 unspecified atom stereocenters. The lowest BCUT2D eigenvalue weighted by Crippen LogP contribution is -2.30. The Kier molecular flexibility index (Phi) is 4.90.